The molecule has 0 bridgehead atoms. The summed E-state index contributed by atoms with van der Waals surface area (Å²) in [5.74, 6) is -1.73. The van der Waals surface area contributed by atoms with Crippen molar-refractivity contribution >= 4 is 23.7 Å². The van der Waals surface area contributed by atoms with Crippen LogP contribution in [0.25, 0.3) is 0 Å². The third-order valence-corrected chi connectivity index (χ3v) is 3.15. The molecule has 9 heteroatoms. The van der Waals surface area contributed by atoms with Crippen molar-refractivity contribution in [2.45, 2.75) is 52.1 Å². The Morgan fingerprint density at radius 1 is 1.29 bits per heavy atom. The zero-order valence-corrected chi connectivity index (χ0v) is 14.4. The van der Waals surface area contributed by atoms with Crippen molar-refractivity contribution in [1.82, 2.24) is 16.0 Å². The number of nitrogens with two attached hydrogens (primary N) is 1. The van der Waals surface area contributed by atoms with E-state index in [1.807, 2.05) is 13.8 Å². The third-order valence-electron chi connectivity index (χ3n) is 3.15. The van der Waals surface area contributed by atoms with E-state index in [9.17, 15) is 14.4 Å². The van der Waals surface area contributed by atoms with Gasteiger partial charge in [-0.1, -0.05) is 13.8 Å². The average molecular weight is 344 g/mol. The number of rotatable bonds is 7. The van der Waals surface area contributed by atoms with Gasteiger partial charge in [-0.3, -0.25) is 19.2 Å². The molecule has 138 valence electrons. The van der Waals surface area contributed by atoms with Crippen LogP contribution in [0.2, 0.25) is 0 Å². The molecule has 0 aromatic rings. The Kier molecular flexibility index (Phi) is 10.4. The SMILES string of the molecule is CC(=O)O.CC(C)C[C@H](NC(=O)[C@@H]1CCCN1)C(=O)NCC(N)=O. The number of nitrogens with one attached hydrogen (secondary N) is 3. The molecule has 0 spiro atoms. The molecule has 24 heavy (non-hydrogen) atoms. The molecular formula is C15H28N4O5. The second-order valence-electron chi connectivity index (χ2n) is 6.04. The van der Waals surface area contributed by atoms with Crippen LogP contribution >= 0.6 is 0 Å². The van der Waals surface area contributed by atoms with Crippen LogP contribution in [0.1, 0.15) is 40.0 Å². The Balaban J connectivity index is 0.00000118. The van der Waals surface area contributed by atoms with E-state index in [4.69, 9.17) is 15.6 Å². The molecule has 0 radical (unpaired) electrons. The van der Waals surface area contributed by atoms with Gasteiger partial charge in [0.05, 0.1) is 12.6 Å². The lowest BCUT2D eigenvalue weighted by molar-refractivity contribution is -0.134. The maximum Gasteiger partial charge on any atom is 0.300 e. The van der Waals surface area contributed by atoms with E-state index < -0.39 is 17.9 Å². The molecule has 1 heterocycles. The molecule has 3 amide bonds. The predicted octanol–water partition coefficient (Wildman–Crippen LogP) is -1.04. The zero-order valence-electron chi connectivity index (χ0n) is 14.4. The molecule has 9 nitrogen and oxygen atoms in total. The minimum atomic E-state index is -0.833. The normalized spacial score (nSPS) is 17.4. The molecule has 0 unspecified atom stereocenters. The summed E-state index contributed by atoms with van der Waals surface area (Å²) in [6, 6.07) is -0.863. The standard InChI is InChI=1S/C13H24N4O3.C2H4O2/c1-8(2)6-10(12(19)16-7-11(14)18)17-13(20)9-4-3-5-15-9;1-2(3)4/h8-10,15H,3-7H2,1-2H3,(H2,14,18)(H,16,19)(H,17,20);1H3,(H,3,4)/t9-,10-;/m0./s1. The lowest BCUT2D eigenvalue weighted by Gasteiger charge is -2.21. The van der Waals surface area contributed by atoms with Crippen LogP contribution in [-0.2, 0) is 19.2 Å². The van der Waals surface area contributed by atoms with Crippen molar-refractivity contribution < 1.29 is 24.3 Å². The molecule has 6 N–H and O–H groups in total. The number of carbonyl (C=O) groups excluding carboxylic acids is 3. The van der Waals surface area contributed by atoms with Gasteiger partial charge in [0.15, 0.2) is 0 Å². The first-order valence-electron chi connectivity index (χ1n) is 7.92. The van der Waals surface area contributed by atoms with Gasteiger partial charge in [0.25, 0.3) is 5.97 Å². The number of hydrogen-bond donors (Lipinski definition) is 5. The largest absolute Gasteiger partial charge is 0.481 e. The minimum Gasteiger partial charge on any atom is -0.481 e. The van der Waals surface area contributed by atoms with E-state index in [-0.39, 0.29) is 30.3 Å². The Hall–Kier alpha value is -2.16. The topological polar surface area (TPSA) is 151 Å². The highest BCUT2D eigenvalue weighted by Crippen LogP contribution is 2.08. The van der Waals surface area contributed by atoms with Gasteiger partial charge >= 0.3 is 0 Å². The maximum absolute atomic E-state index is 12.0. The highest BCUT2D eigenvalue weighted by Gasteiger charge is 2.27. The number of hydrogen-bond acceptors (Lipinski definition) is 5. The van der Waals surface area contributed by atoms with Crippen LogP contribution in [-0.4, -0.2) is 54.0 Å². The maximum atomic E-state index is 12.0. The number of carboxylic acids is 1. The molecule has 0 aromatic heterocycles. The Morgan fingerprint density at radius 3 is 2.29 bits per heavy atom. The number of carboxylic acid groups (broad SMARTS) is 1. The van der Waals surface area contributed by atoms with Gasteiger partial charge in [0.1, 0.15) is 6.04 Å². The van der Waals surface area contributed by atoms with Gasteiger partial charge in [-0.15, -0.1) is 0 Å². The molecule has 1 saturated heterocycles. The first-order valence-corrected chi connectivity index (χ1v) is 7.92. The minimum absolute atomic E-state index is 0.164. The van der Waals surface area contributed by atoms with Gasteiger partial charge in [0, 0.05) is 6.92 Å². The smallest absolute Gasteiger partial charge is 0.300 e. The van der Waals surface area contributed by atoms with Crippen molar-refractivity contribution in [2.24, 2.45) is 11.7 Å². The summed E-state index contributed by atoms with van der Waals surface area (Å²) in [6.07, 6.45) is 2.26. The molecule has 1 aliphatic rings. The summed E-state index contributed by atoms with van der Waals surface area (Å²) in [6.45, 7) is 5.62. The van der Waals surface area contributed by atoms with E-state index in [1.54, 1.807) is 0 Å². The van der Waals surface area contributed by atoms with Crippen LogP contribution in [0.5, 0.6) is 0 Å². The second-order valence-corrected chi connectivity index (χ2v) is 6.04. The van der Waals surface area contributed by atoms with E-state index in [0.29, 0.717) is 6.42 Å². The highest BCUT2D eigenvalue weighted by molar-refractivity contribution is 5.91. The van der Waals surface area contributed by atoms with Gasteiger partial charge in [-0.25, -0.2) is 0 Å². The highest BCUT2D eigenvalue weighted by atomic mass is 16.4. The number of primary amides is 1. The van der Waals surface area contributed by atoms with Crippen molar-refractivity contribution in [3.8, 4) is 0 Å². The van der Waals surface area contributed by atoms with Crippen molar-refractivity contribution in [2.75, 3.05) is 13.1 Å². The molecule has 1 rings (SSSR count). The fraction of sp³-hybridized carbons (Fsp3) is 0.733. The molecule has 0 aliphatic carbocycles. The number of carbonyl (C=O) groups is 4. The lowest BCUT2D eigenvalue weighted by atomic mass is 10.0. The monoisotopic (exact) mass is 344 g/mol. The van der Waals surface area contributed by atoms with E-state index in [0.717, 1.165) is 26.3 Å². The Labute approximate surface area is 141 Å². The lowest BCUT2D eigenvalue weighted by Crippen LogP contribution is -2.52. The summed E-state index contributed by atoms with van der Waals surface area (Å²) in [5.41, 5.74) is 4.99. The summed E-state index contributed by atoms with van der Waals surface area (Å²) < 4.78 is 0. The van der Waals surface area contributed by atoms with Crippen molar-refractivity contribution in [3.63, 3.8) is 0 Å². The van der Waals surface area contributed by atoms with Crippen molar-refractivity contribution in [1.29, 1.82) is 0 Å². The van der Waals surface area contributed by atoms with Crippen LogP contribution in [0.4, 0.5) is 0 Å². The van der Waals surface area contributed by atoms with Gasteiger partial charge in [-0.05, 0) is 31.7 Å². The number of amides is 3. The van der Waals surface area contributed by atoms with Crippen LogP contribution in [0.15, 0.2) is 0 Å². The average Bonchev–Trinajstić information content (AvgIpc) is 2.97. The molecule has 0 aromatic carbocycles. The van der Waals surface area contributed by atoms with E-state index in [2.05, 4.69) is 16.0 Å². The predicted molar refractivity (Wildman–Crippen MR) is 87.9 cm³/mol. The summed E-state index contributed by atoms with van der Waals surface area (Å²) in [5, 5.41) is 15.7. The molecule has 1 fully saturated rings. The van der Waals surface area contributed by atoms with Crippen LogP contribution in [0, 0.1) is 5.92 Å². The molecule has 0 saturated carbocycles. The molecule has 1 aliphatic heterocycles. The van der Waals surface area contributed by atoms with Gasteiger partial charge in [0.2, 0.25) is 17.7 Å². The number of aliphatic carboxylic acids is 1. The van der Waals surface area contributed by atoms with E-state index in [1.165, 1.54) is 0 Å². The van der Waals surface area contributed by atoms with Crippen molar-refractivity contribution in [3.05, 3.63) is 0 Å². The summed E-state index contributed by atoms with van der Waals surface area (Å²) in [7, 11) is 0. The van der Waals surface area contributed by atoms with Crippen LogP contribution in [0.3, 0.4) is 0 Å². The summed E-state index contributed by atoms with van der Waals surface area (Å²) >= 11 is 0. The molecular weight excluding hydrogens is 316 g/mol. The van der Waals surface area contributed by atoms with E-state index >= 15 is 0 Å². The first-order chi connectivity index (χ1) is 11.1. The fourth-order valence-corrected chi connectivity index (χ4v) is 2.18. The van der Waals surface area contributed by atoms with Gasteiger partial charge < -0.3 is 26.8 Å². The van der Waals surface area contributed by atoms with Gasteiger partial charge in [-0.2, -0.15) is 0 Å². The zero-order chi connectivity index (χ0) is 18.7. The second kappa shape index (κ2) is 11.4. The van der Waals surface area contributed by atoms with Crippen LogP contribution < -0.4 is 21.7 Å². The third kappa shape index (κ3) is 10.5. The first kappa shape index (κ1) is 21.8. The fourth-order valence-electron chi connectivity index (χ4n) is 2.18. The Bertz CT molecular complexity index is 443. The Morgan fingerprint density at radius 2 is 1.88 bits per heavy atom. The summed E-state index contributed by atoms with van der Waals surface area (Å²) in [4.78, 5) is 43.7. The molecule has 2 atom stereocenters. The quantitative estimate of drug-likeness (QED) is 0.398.